The van der Waals surface area contributed by atoms with Crippen molar-refractivity contribution < 1.29 is 9.53 Å². The van der Waals surface area contributed by atoms with Crippen LogP contribution in [0.4, 0.5) is 5.82 Å². The number of para-hydroxylation sites is 1. The zero-order valence-corrected chi connectivity index (χ0v) is 15.4. The highest BCUT2D eigenvalue weighted by Gasteiger charge is 2.31. The molecule has 2 aromatic carbocycles. The summed E-state index contributed by atoms with van der Waals surface area (Å²) in [5, 5.41) is 8.25. The molecule has 7 heteroatoms. The van der Waals surface area contributed by atoms with Gasteiger partial charge >= 0.3 is 0 Å². The lowest BCUT2D eigenvalue weighted by atomic mass is 9.87. The fourth-order valence-corrected chi connectivity index (χ4v) is 4.38. The number of rotatable bonds is 3. The second-order valence-corrected chi connectivity index (χ2v) is 7.41. The van der Waals surface area contributed by atoms with Crippen LogP contribution in [0.25, 0.3) is 15.3 Å². The lowest BCUT2D eigenvalue weighted by Crippen LogP contribution is -2.24. The Kier molecular flexibility index (Phi) is 3.68. The lowest BCUT2D eigenvalue weighted by molar-refractivity contribution is -0.116. The molecule has 1 atom stereocenters. The second kappa shape index (κ2) is 6.21. The first-order valence-electron chi connectivity index (χ1n) is 8.60. The molecule has 0 radical (unpaired) electrons. The number of methoxy groups -OCH3 is 1. The fraction of sp³-hybridized carbons (Fsp3) is 0.150. The number of thiazole rings is 1. The SMILES string of the molecule is COc1ccc(C2CC(=O)Nc3c2cnn3-c2nc3ccccc3s2)cc1. The highest BCUT2D eigenvalue weighted by atomic mass is 32.1. The standard InChI is InChI=1S/C20H16N4O2S/c1-26-13-8-6-12(7-9-13)14-10-18(25)23-19-15(14)11-21-24(19)20-22-16-4-2-3-5-17(16)27-20/h2-9,11,14H,10H2,1H3,(H,23,25). The Labute approximate surface area is 159 Å². The maximum Gasteiger partial charge on any atom is 0.226 e. The molecule has 0 fully saturated rings. The molecule has 0 spiro atoms. The lowest BCUT2D eigenvalue weighted by Gasteiger charge is -2.23. The second-order valence-electron chi connectivity index (χ2n) is 6.40. The minimum Gasteiger partial charge on any atom is -0.497 e. The van der Waals surface area contributed by atoms with Crippen molar-refractivity contribution in [3.8, 4) is 10.9 Å². The van der Waals surface area contributed by atoms with Crippen LogP contribution in [0.2, 0.25) is 0 Å². The Morgan fingerprint density at radius 1 is 1.19 bits per heavy atom. The summed E-state index contributed by atoms with van der Waals surface area (Å²) in [6.45, 7) is 0. The predicted octanol–water partition coefficient (Wildman–Crippen LogP) is 3.96. The zero-order chi connectivity index (χ0) is 18.4. The van der Waals surface area contributed by atoms with Gasteiger partial charge < -0.3 is 10.1 Å². The molecule has 6 nitrogen and oxygen atoms in total. The predicted molar refractivity (Wildman–Crippen MR) is 105 cm³/mol. The Morgan fingerprint density at radius 3 is 2.78 bits per heavy atom. The molecule has 134 valence electrons. The molecule has 1 aliphatic heterocycles. The Bertz CT molecular complexity index is 1110. The van der Waals surface area contributed by atoms with Crippen molar-refractivity contribution in [3.05, 3.63) is 65.9 Å². The van der Waals surface area contributed by atoms with Gasteiger partial charge in [-0.25, -0.2) is 4.98 Å². The number of ether oxygens (including phenoxy) is 1. The van der Waals surface area contributed by atoms with E-state index in [0.717, 1.165) is 32.2 Å². The molecule has 1 amide bonds. The van der Waals surface area contributed by atoms with Crippen LogP contribution < -0.4 is 10.1 Å². The van der Waals surface area contributed by atoms with E-state index in [1.54, 1.807) is 23.1 Å². The number of nitrogens with zero attached hydrogens (tertiary/aromatic N) is 3. The quantitative estimate of drug-likeness (QED) is 0.587. The average molecular weight is 376 g/mol. The van der Waals surface area contributed by atoms with Gasteiger partial charge in [-0.1, -0.05) is 35.6 Å². The molecule has 0 saturated carbocycles. The number of carbonyl (C=O) groups is 1. The summed E-state index contributed by atoms with van der Waals surface area (Å²) in [5.41, 5.74) is 2.99. The molecule has 1 aliphatic rings. The number of aromatic nitrogens is 3. The molecule has 1 unspecified atom stereocenters. The highest BCUT2D eigenvalue weighted by Crippen LogP contribution is 2.39. The number of carbonyl (C=O) groups excluding carboxylic acids is 1. The molecule has 1 N–H and O–H groups in total. The van der Waals surface area contributed by atoms with E-state index in [-0.39, 0.29) is 11.8 Å². The largest absolute Gasteiger partial charge is 0.497 e. The van der Waals surface area contributed by atoms with E-state index < -0.39 is 0 Å². The van der Waals surface area contributed by atoms with Gasteiger partial charge in [-0.2, -0.15) is 9.78 Å². The molecule has 0 aliphatic carbocycles. The van der Waals surface area contributed by atoms with Crippen LogP contribution in [0.15, 0.2) is 54.7 Å². The van der Waals surface area contributed by atoms with Gasteiger partial charge in [0.2, 0.25) is 11.0 Å². The van der Waals surface area contributed by atoms with Gasteiger partial charge in [-0.3, -0.25) is 4.79 Å². The third kappa shape index (κ3) is 2.67. The Morgan fingerprint density at radius 2 is 2.00 bits per heavy atom. The number of benzene rings is 2. The van der Waals surface area contributed by atoms with Gasteiger partial charge in [0.1, 0.15) is 11.6 Å². The van der Waals surface area contributed by atoms with Crippen LogP contribution in [0.3, 0.4) is 0 Å². The van der Waals surface area contributed by atoms with Crippen LogP contribution in [0.5, 0.6) is 5.75 Å². The van der Waals surface area contributed by atoms with Crippen LogP contribution >= 0.6 is 11.3 Å². The van der Waals surface area contributed by atoms with Crippen molar-refractivity contribution in [3.63, 3.8) is 0 Å². The summed E-state index contributed by atoms with van der Waals surface area (Å²) >= 11 is 1.55. The summed E-state index contributed by atoms with van der Waals surface area (Å²) < 4.78 is 8.05. The van der Waals surface area contributed by atoms with E-state index in [0.29, 0.717) is 12.2 Å². The number of hydrogen-bond donors (Lipinski definition) is 1. The van der Waals surface area contributed by atoms with Crippen molar-refractivity contribution >= 4 is 33.3 Å². The van der Waals surface area contributed by atoms with Gasteiger partial charge in [0.25, 0.3) is 0 Å². The van der Waals surface area contributed by atoms with E-state index in [2.05, 4.69) is 15.4 Å². The molecule has 0 bridgehead atoms. The topological polar surface area (TPSA) is 69.0 Å². The summed E-state index contributed by atoms with van der Waals surface area (Å²) in [6.07, 6.45) is 2.22. The normalized spacial score (nSPS) is 16.2. The first-order valence-corrected chi connectivity index (χ1v) is 9.42. The smallest absolute Gasteiger partial charge is 0.226 e. The van der Waals surface area contributed by atoms with E-state index in [1.165, 1.54) is 0 Å². The molecule has 5 rings (SSSR count). The van der Waals surface area contributed by atoms with Crippen molar-refractivity contribution in [2.24, 2.45) is 0 Å². The van der Waals surface area contributed by atoms with Crippen LogP contribution in [-0.2, 0) is 4.79 Å². The van der Waals surface area contributed by atoms with Crippen molar-refractivity contribution in [1.82, 2.24) is 14.8 Å². The zero-order valence-electron chi connectivity index (χ0n) is 14.5. The van der Waals surface area contributed by atoms with Crippen molar-refractivity contribution in [1.29, 1.82) is 0 Å². The summed E-state index contributed by atoms with van der Waals surface area (Å²) in [4.78, 5) is 17.1. The number of hydrogen-bond acceptors (Lipinski definition) is 5. The third-order valence-corrected chi connectivity index (χ3v) is 5.81. The number of nitrogens with one attached hydrogen (secondary N) is 1. The monoisotopic (exact) mass is 376 g/mol. The van der Waals surface area contributed by atoms with E-state index >= 15 is 0 Å². The minimum atomic E-state index is -0.0391. The molecular weight excluding hydrogens is 360 g/mol. The highest BCUT2D eigenvalue weighted by molar-refractivity contribution is 7.20. The van der Waals surface area contributed by atoms with Crippen LogP contribution in [0, 0.1) is 0 Å². The van der Waals surface area contributed by atoms with Gasteiger partial charge in [0.05, 0.1) is 23.5 Å². The van der Waals surface area contributed by atoms with Gasteiger partial charge in [0.15, 0.2) is 0 Å². The average Bonchev–Trinajstić information content (AvgIpc) is 3.31. The van der Waals surface area contributed by atoms with Gasteiger partial charge in [0, 0.05) is 17.9 Å². The molecule has 3 heterocycles. The molecule has 4 aromatic rings. The maximum atomic E-state index is 12.4. The summed E-state index contributed by atoms with van der Waals surface area (Å²) in [6, 6.07) is 15.8. The first-order chi connectivity index (χ1) is 13.2. The fourth-order valence-electron chi connectivity index (χ4n) is 3.45. The van der Waals surface area contributed by atoms with E-state index in [1.807, 2.05) is 54.7 Å². The maximum absolute atomic E-state index is 12.4. The third-order valence-electron chi connectivity index (χ3n) is 4.80. The number of amides is 1. The number of anilines is 1. The Balaban J connectivity index is 1.59. The Hall–Kier alpha value is -3.19. The van der Waals surface area contributed by atoms with Crippen LogP contribution in [0.1, 0.15) is 23.5 Å². The first kappa shape index (κ1) is 16.0. The van der Waals surface area contributed by atoms with Gasteiger partial charge in [-0.05, 0) is 29.8 Å². The number of fused-ring (bicyclic) bond motifs is 2. The molecule has 0 saturated heterocycles. The van der Waals surface area contributed by atoms with Gasteiger partial charge in [-0.15, -0.1) is 0 Å². The van der Waals surface area contributed by atoms with E-state index in [9.17, 15) is 4.79 Å². The summed E-state index contributed by atoms with van der Waals surface area (Å²) in [7, 11) is 1.64. The van der Waals surface area contributed by atoms with Crippen molar-refractivity contribution in [2.75, 3.05) is 12.4 Å². The molecular formula is C20H16N4O2S. The van der Waals surface area contributed by atoms with E-state index in [4.69, 9.17) is 4.74 Å². The summed E-state index contributed by atoms with van der Waals surface area (Å²) in [5.74, 6) is 1.43. The minimum absolute atomic E-state index is 0.0221. The van der Waals surface area contributed by atoms with Crippen molar-refractivity contribution in [2.45, 2.75) is 12.3 Å². The molecule has 27 heavy (non-hydrogen) atoms. The molecule has 2 aromatic heterocycles. The van der Waals surface area contributed by atoms with Crippen LogP contribution in [-0.4, -0.2) is 27.8 Å².